The zero-order chi connectivity index (χ0) is 33.1. The Kier molecular flexibility index (Phi) is 11.8. The van der Waals surface area contributed by atoms with E-state index in [1.807, 2.05) is 6.92 Å². The average Bonchev–Trinajstić information content (AvgIpc) is 3.04. The number of esters is 1. The molecular formula is C33H37FN4O8. The number of hydrogen-bond donors (Lipinski definition) is 4. The van der Waals surface area contributed by atoms with Crippen molar-refractivity contribution >= 4 is 18.2 Å². The SMILES string of the molecule is CCOc1cc(/C=N\N[C@H](O)COc2ccc([C@H]3NC(=O)NC(C)=C3C(=O)OC)cc2OCC)ccc1OCc1ccc(F)cc1. The first-order chi connectivity index (χ1) is 22.2. The predicted octanol–water partition coefficient (Wildman–Crippen LogP) is 4.32. The van der Waals surface area contributed by atoms with Crippen LogP contribution in [0.25, 0.3) is 0 Å². The molecular weight excluding hydrogens is 599 g/mol. The quantitative estimate of drug-likeness (QED) is 0.0828. The molecule has 3 aromatic carbocycles. The third-order valence-corrected chi connectivity index (χ3v) is 6.68. The molecule has 3 aromatic rings. The van der Waals surface area contributed by atoms with Gasteiger partial charge in [-0.1, -0.05) is 18.2 Å². The van der Waals surface area contributed by atoms with Gasteiger partial charge in [0.2, 0.25) is 0 Å². The lowest BCUT2D eigenvalue weighted by Crippen LogP contribution is -2.45. The maximum Gasteiger partial charge on any atom is 0.337 e. The van der Waals surface area contributed by atoms with Crippen LogP contribution in [0.3, 0.4) is 0 Å². The number of carbonyl (C=O) groups is 2. The van der Waals surface area contributed by atoms with E-state index in [-0.39, 0.29) is 24.6 Å². The lowest BCUT2D eigenvalue weighted by atomic mass is 9.95. The highest BCUT2D eigenvalue weighted by Crippen LogP contribution is 2.35. The van der Waals surface area contributed by atoms with E-state index in [0.29, 0.717) is 53.0 Å². The van der Waals surface area contributed by atoms with Gasteiger partial charge in [-0.25, -0.2) is 14.0 Å². The van der Waals surface area contributed by atoms with E-state index in [1.54, 1.807) is 62.4 Å². The first-order valence-corrected chi connectivity index (χ1v) is 14.6. The van der Waals surface area contributed by atoms with Crippen LogP contribution in [0.5, 0.6) is 23.0 Å². The van der Waals surface area contributed by atoms with Gasteiger partial charge in [-0.05, 0) is 79.9 Å². The topological polar surface area (TPSA) is 149 Å². The van der Waals surface area contributed by atoms with Crippen molar-refractivity contribution in [1.29, 1.82) is 0 Å². The van der Waals surface area contributed by atoms with Crippen LogP contribution >= 0.6 is 0 Å². The Balaban J connectivity index is 1.37. The van der Waals surface area contributed by atoms with Crippen molar-refractivity contribution in [1.82, 2.24) is 16.1 Å². The minimum atomic E-state index is -1.17. The van der Waals surface area contributed by atoms with Crippen molar-refractivity contribution in [3.63, 3.8) is 0 Å². The van der Waals surface area contributed by atoms with E-state index < -0.39 is 24.3 Å². The van der Waals surface area contributed by atoms with Crippen LogP contribution in [-0.2, 0) is 16.1 Å². The van der Waals surface area contributed by atoms with Crippen LogP contribution in [0, 0.1) is 5.82 Å². The van der Waals surface area contributed by atoms with Gasteiger partial charge >= 0.3 is 12.0 Å². The Hall–Kier alpha value is -5.30. The molecule has 0 saturated heterocycles. The lowest BCUT2D eigenvalue weighted by Gasteiger charge is -2.28. The van der Waals surface area contributed by atoms with Gasteiger partial charge in [0.15, 0.2) is 29.2 Å². The second-order valence-corrected chi connectivity index (χ2v) is 9.97. The fraction of sp³-hybridized carbons (Fsp3) is 0.303. The highest BCUT2D eigenvalue weighted by atomic mass is 19.1. The molecule has 1 heterocycles. The predicted molar refractivity (Wildman–Crippen MR) is 167 cm³/mol. The van der Waals surface area contributed by atoms with Crippen LogP contribution in [0.1, 0.15) is 43.5 Å². The molecule has 1 aliphatic heterocycles. The van der Waals surface area contributed by atoms with Crippen molar-refractivity contribution in [2.75, 3.05) is 26.9 Å². The normalized spacial score (nSPS) is 15.1. The first kappa shape index (κ1) is 33.6. The van der Waals surface area contributed by atoms with E-state index in [4.69, 9.17) is 23.7 Å². The Bertz CT molecular complexity index is 1580. The lowest BCUT2D eigenvalue weighted by molar-refractivity contribution is -0.136. The molecule has 1 aliphatic rings. The molecule has 0 aliphatic carbocycles. The molecule has 0 aromatic heterocycles. The number of halogens is 1. The first-order valence-electron chi connectivity index (χ1n) is 14.6. The molecule has 0 spiro atoms. The molecule has 0 saturated carbocycles. The molecule has 0 fully saturated rings. The molecule has 12 nitrogen and oxygen atoms in total. The van der Waals surface area contributed by atoms with Crippen LogP contribution in [0.15, 0.2) is 77.0 Å². The third-order valence-electron chi connectivity index (χ3n) is 6.68. The number of aliphatic hydroxyl groups is 1. The number of benzene rings is 3. The summed E-state index contributed by atoms with van der Waals surface area (Å²) >= 11 is 0. The van der Waals surface area contributed by atoms with E-state index >= 15 is 0 Å². The number of carbonyl (C=O) groups excluding carboxylic acids is 2. The highest BCUT2D eigenvalue weighted by Gasteiger charge is 2.32. The van der Waals surface area contributed by atoms with E-state index in [0.717, 1.165) is 5.56 Å². The number of urea groups is 1. The Morgan fingerprint density at radius 3 is 2.35 bits per heavy atom. The zero-order valence-corrected chi connectivity index (χ0v) is 26.0. The smallest absolute Gasteiger partial charge is 0.337 e. The fourth-order valence-electron chi connectivity index (χ4n) is 4.55. The van der Waals surface area contributed by atoms with Crippen molar-refractivity contribution in [3.05, 3.63) is 94.4 Å². The number of rotatable bonds is 15. The van der Waals surface area contributed by atoms with Crippen LogP contribution in [0.4, 0.5) is 9.18 Å². The maximum atomic E-state index is 13.2. The monoisotopic (exact) mass is 636 g/mol. The Morgan fingerprint density at radius 1 is 0.978 bits per heavy atom. The number of hydrogen-bond acceptors (Lipinski definition) is 10. The average molecular weight is 637 g/mol. The molecule has 0 unspecified atom stereocenters. The number of hydrazone groups is 1. The summed E-state index contributed by atoms with van der Waals surface area (Å²) in [6, 6.07) is 15.1. The van der Waals surface area contributed by atoms with Crippen molar-refractivity contribution < 1.29 is 42.8 Å². The standard InChI is InChI=1S/C33H37FN4O8/c1-5-43-27-15-22(9-13-25(27)45-18-21-7-11-24(34)12-8-21)17-35-38-29(39)19-46-26-14-10-23(16-28(26)44-6-2)31-30(32(40)42-4)20(3)36-33(41)37-31/h7-17,29,31,38-39H,5-6,18-19H2,1-4H3,(H2,36,37,41)/b35-17-/t29-,31-/m1/s1. The summed E-state index contributed by atoms with van der Waals surface area (Å²) in [6.45, 7) is 6.09. The Labute approximate surface area is 266 Å². The number of nitrogens with one attached hydrogen (secondary N) is 3. The molecule has 2 amide bonds. The summed E-state index contributed by atoms with van der Waals surface area (Å²) in [6.07, 6.45) is 0.341. The van der Waals surface area contributed by atoms with Crippen LogP contribution in [0.2, 0.25) is 0 Å². The van der Waals surface area contributed by atoms with Gasteiger partial charge in [-0.2, -0.15) is 5.10 Å². The molecule has 2 atom stereocenters. The summed E-state index contributed by atoms with van der Waals surface area (Å²) in [5.41, 5.74) is 5.33. The molecule has 4 rings (SSSR count). The number of amides is 2. The van der Waals surface area contributed by atoms with Gasteiger partial charge < -0.3 is 39.4 Å². The Morgan fingerprint density at radius 2 is 1.65 bits per heavy atom. The summed E-state index contributed by atoms with van der Waals surface area (Å²) in [4.78, 5) is 24.6. The second-order valence-electron chi connectivity index (χ2n) is 9.97. The van der Waals surface area contributed by atoms with Crippen molar-refractivity contribution in [2.45, 2.75) is 39.6 Å². The molecule has 0 radical (unpaired) electrons. The summed E-state index contributed by atoms with van der Waals surface area (Å²) in [5.74, 6) is 0.841. The minimum absolute atomic E-state index is 0.173. The fourth-order valence-corrected chi connectivity index (χ4v) is 4.55. The second kappa shape index (κ2) is 16.1. The highest BCUT2D eigenvalue weighted by molar-refractivity contribution is 5.95. The largest absolute Gasteiger partial charge is 0.490 e. The summed E-state index contributed by atoms with van der Waals surface area (Å²) < 4.78 is 41.2. The molecule has 244 valence electrons. The molecule has 46 heavy (non-hydrogen) atoms. The van der Waals surface area contributed by atoms with Gasteiger partial charge in [0.1, 0.15) is 19.0 Å². The van der Waals surface area contributed by atoms with Gasteiger partial charge in [-0.3, -0.25) is 5.43 Å². The van der Waals surface area contributed by atoms with E-state index in [9.17, 15) is 19.1 Å². The minimum Gasteiger partial charge on any atom is -0.490 e. The summed E-state index contributed by atoms with van der Waals surface area (Å²) in [7, 11) is 1.27. The van der Waals surface area contributed by atoms with Gasteiger partial charge in [0.25, 0.3) is 0 Å². The number of ether oxygens (including phenoxy) is 5. The molecule has 13 heteroatoms. The van der Waals surface area contributed by atoms with Crippen LogP contribution in [-0.4, -0.2) is 56.5 Å². The maximum absolute atomic E-state index is 13.2. The number of allylic oxidation sites excluding steroid dienone is 1. The number of nitrogens with zero attached hydrogens (tertiary/aromatic N) is 1. The summed E-state index contributed by atoms with van der Waals surface area (Å²) in [5, 5.41) is 19.9. The van der Waals surface area contributed by atoms with E-state index in [2.05, 4.69) is 21.2 Å². The third kappa shape index (κ3) is 8.88. The van der Waals surface area contributed by atoms with Gasteiger partial charge in [0.05, 0.1) is 38.2 Å². The van der Waals surface area contributed by atoms with Crippen molar-refractivity contribution in [3.8, 4) is 23.0 Å². The number of methoxy groups -OCH3 is 1. The van der Waals surface area contributed by atoms with Gasteiger partial charge in [0, 0.05) is 5.70 Å². The zero-order valence-electron chi connectivity index (χ0n) is 26.0. The van der Waals surface area contributed by atoms with Crippen LogP contribution < -0.4 is 35.0 Å². The number of aliphatic hydroxyl groups excluding tert-OH is 1. The molecule has 4 N–H and O–H groups in total. The van der Waals surface area contributed by atoms with Crippen molar-refractivity contribution in [2.24, 2.45) is 5.10 Å². The van der Waals surface area contributed by atoms with Gasteiger partial charge in [-0.15, -0.1) is 0 Å². The molecule has 0 bridgehead atoms. The van der Waals surface area contributed by atoms with E-state index in [1.165, 1.54) is 25.5 Å².